The summed E-state index contributed by atoms with van der Waals surface area (Å²) in [5.41, 5.74) is 1.76. The van der Waals surface area contributed by atoms with Crippen molar-refractivity contribution in [3.05, 3.63) is 59.7 Å². The number of aryl methyl sites for hydroxylation is 1. The molecule has 0 heterocycles. The molecule has 0 radical (unpaired) electrons. The van der Waals surface area contributed by atoms with E-state index in [0.29, 0.717) is 5.56 Å². The molecule has 3 N–H and O–H groups in total. The quantitative estimate of drug-likeness (QED) is 0.506. The molecule has 2 aromatic rings. The van der Waals surface area contributed by atoms with Crippen molar-refractivity contribution in [2.24, 2.45) is 5.14 Å². The minimum absolute atomic E-state index is 0.00217. The Kier molecular flexibility index (Phi) is 7.40. The fraction of sp³-hybridized carbons (Fsp3) is 0.222. The van der Waals surface area contributed by atoms with Gasteiger partial charge < -0.3 is 10.1 Å². The molecule has 9 heteroatoms. The van der Waals surface area contributed by atoms with Crippen LogP contribution in [0.15, 0.2) is 58.3 Å². The number of ether oxygens (including phenoxy) is 1. The molecular formula is C18H20N2O5S2. The van der Waals surface area contributed by atoms with E-state index in [9.17, 15) is 18.0 Å². The van der Waals surface area contributed by atoms with Crippen molar-refractivity contribution in [2.75, 3.05) is 12.4 Å². The van der Waals surface area contributed by atoms with Crippen LogP contribution >= 0.6 is 11.8 Å². The number of carbonyl (C=O) groups excluding carboxylic acids is 2. The third kappa shape index (κ3) is 7.05. The van der Waals surface area contributed by atoms with Crippen molar-refractivity contribution < 1.29 is 22.7 Å². The van der Waals surface area contributed by atoms with Crippen molar-refractivity contribution in [3.63, 3.8) is 0 Å². The average molecular weight is 409 g/mol. The largest absolute Gasteiger partial charge is 0.455 e. The van der Waals surface area contributed by atoms with Crippen molar-refractivity contribution in [3.8, 4) is 0 Å². The number of esters is 1. The van der Waals surface area contributed by atoms with E-state index in [2.05, 4.69) is 5.32 Å². The molecule has 2 rings (SSSR count). The molecular weight excluding hydrogens is 388 g/mol. The molecule has 0 aliphatic carbocycles. The maximum atomic E-state index is 11.8. The van der Waals surface area contributed by atoms with Crippen LogP contribution in [0.4, 0.5) is 0 Å². The number of primary sulfonamides is 1. The van der Waals surface area contributed by atoms with Crippen LogP contribution in [0.5, 0.6) is 0 Å². The normalized spacial score (nSPS) is 11.0. The monoisotopic (exact) mass is 408 g/mol. The minimum atomic E-state index is -3.74. The van der Waals surface area contributed by atoms with Crippen LogP contribution in [0.25, 0.3) is 0 Å². The number of thioether (sulfide) groups is 1. The lowest BCUT2D eigenvalue weighted by molar-refractivity contribution is -0.145. The van der Waals surface area contributed by atoms with Crippen LogP contribution in [-0.4, -0.2) is 32.7 Å². The Morgan fingerprint density at radius 2 is 1.78 bits per heavy atom. The summed E-state index contributed by atoms with van der Waals surface area (Å²) in [7, 11) is -3.74. The average Bonchev–Trinajstić information content (AvgIpc) is 2.63. The van der Waals surface area contributed by atoms with Gasteiger partial charge in [-0.2, -0.15) is 0 Å². The van der Waals surface area contributed by atoms with E-state index in [1.54, 1.807) is 12.1 Å². The summed E-state index contributed by atoms with van der Waals surface area (Å²) in [5.74, 6) is -0.802. The van der Waals surface area contributed by atoms with Gasteiger partial charge in [0, 0.05) is 11.4 Å². The summed E-state index contributed by atoms with van der Waals surface area (Å²) >= 11 is 1.35. The van der Waals surface area contributed by atoms with Gasteiger partial charge in [-0.15, -0.1) is 11.8 Å². The van der Waals surface area contributed by atoms with Gasteiger partial charge >= 0.3 is 5.97 Å². The van der Waals surface area contributed by atoms with E-state index in [1.807, 2.05) is 31.2 Å². The number of hydrogen-bond acceptors (Lipinski definition) is 6. The molecule has 0 fully saturated rings. The fourth-order valence-corrected chi connectivity index (χ4v) is 3.43. The lowest BCUT2D eigenvalue weighted by Gasteiger charge is -2.08. The topological polar surface area (TPSA) is 116 Å². The molecule has 144 valence electrons. The smallest absolute Gasteiger partial charge is 0.316 e. The molecule has 0 spiro atoms. The molecule has 7 nitrogen and oxygen atoms in total. The lowest BCUT2D eigenvalue weighted by atomic mass is 10.2. The third-order valence-electron chi connectivity index (χ3n) is 3.54. The van der Waals surface area contributed by atoms with E-state index in [1.165, 1.54) is 23.9 Å². The third-order valence-corrected chi connectivity index (χ3v) is 5.62. The molecule has 2 aromatic carbocycles. The van der Waals surface area contributed by atoms with Crippen LogP contribution in [-0.2, 0) is 30.9 Å². The summed E-state index contributed by atoms with van der Waals surface area (Å²) in [5, 5.41) is 7.61. The van der Waals surface area contributed by atoms with Gasteiger partial charge in [0.15, 0.2) is 6.61 Å². The zero-order valence-electron chi connectivity index (χ0n) is 14.7. The van der Waals surface area contributed by atoms with Crippen molar-refractivity contribution in [1.29, 1.82) is 0 Å². The Morgan fingerprint density at radius 1 is 1.11 bits per heavy atom. The van der Waals surface area contributed by atoms with E-state index in [-0.39, 0.29) is 23.8 Å². The molecule has 0 aromatic heterocycles. The van der Waals surface area contributed by atoms with Crippen molar-refractivity contribution in [1.82, 2.24) is 5.32 Å². The second-order valence-corrected chi connectivity index (χ2v) is 8.26. The lowest BCUT2D eigenvalue weighted by Crippen LogP contribution is -2.28. The summed E-state index contributed by atoms with van der Waals surface area (Å²) in [6, 6.07) is 13.5. The Morgan fingerprint density at radius 3 is 2.41 bits per heavy atom. The first-order valence-electron chi connectivity index (χ1n) is 7.98. The Labute approximate surface area is 162 Å². The zero-order chi connectivity index (χ0) is 19.9. The number of hydrogen-bond donors (Lipinski definition) is 2. The Balaban J connectivity index is 1.71. The van der Waals surface area contributed by atoms with Crippen molar-refractivity contribution in [2.45, 2.75) is 23.3 Å². The number of carbonyl (C=O) groups is 2. The molecule has 0 aliphatic heterocycles. The second kappa shape index (κ2) is 9.54. The van der Waals surface area contributed by atoms with Crippen molar-refractivity contribution >= 4 is 33.7 Å². The Hall–Kier alpha value is -2.36. The van der Waals surface area contributed by atoms with Gasteiger partial charge in [-0.3, -0.25) is 9.59 Å². The van der Waals surface area contributed by atoms with Crippen LogP contribution in [0, 0.1) is 6.92 Å². The molecule has 0 atom stereocenters. The summed E-state index contributed by atoms with van der Waals surface area (Å²) < 4.78 is 27.3. The van der Waals surface area contributed by atoms with Crippen LogP contribution in [0.3, 0.4) is 0 Å². The number of benzene rings is 2. The van der Waals surface area contributed by atoms with Gasteiger partial charge in [-0.1, -0.05) is 30.3 Å². The summed E-state index contributed by atoms with van der Waals surface area (Å²) in [6.07, 6.45) is 0. The predicted molar refractivity (Wildman–Crippen MR) is 103 cm³/mol. The molecule has 0 saturated heterocycles. The SMILES string of the molecule is Cc1ccccc1SCC(=O)OCC(=O)NCc1ccc(S(N)(=O)=O)cc1. The van der Waals surface area contributed by atoms with Gasteiger partial charge in [-0.25, -0.2) is 13.6 Å². The number of rotatable bonds is 8. The highest BCUT2D eigenvalue weighted by molar-refractivity contribution is 8.00. The fourth-order valence-electron chi connectivity index (χ4n) is 2.09. The van der Waals surface area contributed by atoms with Crippen LogP contribution < -0.4 is 10.5 Å². The molecule has 27 heavy (non-hydrogen) atoms. The minimum Gasteiger partial charge on any atom is -0.455 e. The molecule has 0 saturated carbocycles. The molecule has 0 unspecified atom stereocenters. The molecule has 0 aliphatic rings. The maximum absolute atomic E-state index is 11.8. The van der Waals surface area contributed by atoms with Gasteiger partial charge in [-0.05, 0) is 36.2 Å². The van der Waals surface area contributed by atoms with Crippen LogP contribution in [0.1, 0.15) is 11.1 Å². The van der Waals surface area contributed by atoms with Gasteiger partial charge in [0.05, 0.1) is 10.6 Å². The predicted octanol–water partition coefficient (Wildman–Crippen LogP) is 1.59. The first-order chi connectivity index (χ1) is 12.8. The number of nitrogens with one attached hydrogen (secondary N) is 1. The second-order valence-electron chi connectivity index (χ2n) is 5.68. The highest BCUT2D eigenvalue weighted by atomic mass is 32.2. The summed E-state index contributed by atoms with van der Waals surface area (Å²) in [4.78, 5) is 24.5. The van der Waals surface area contributed by atoms with Gasteiger partial charge in [0.2, 0.25) is 10.0 Å². The van der Waals surface area contributed by atoms with E-state index < -0.39 is 21.9 Å². The van der Waals surface area contributed by atoms with Gasteiger partial charge in [0.25, 0.3) is 5.91 Å². The maximum Gasteiger partial charge on any atom is 0.316 e. The molecule has 0 bridgehead atoms. The first-order valence-corrected chi connectivity index (χ1v) is 10.5. The molecule has 1 amide bonds. The van der Waals surface area contributed by atoms with E-state index in [0.717, 1.165) is 10.5 Å². The number of sulfonamides is 1. The highest BCUT2D eigenvalue weighted by Crippen LogP contribution is 2.21. The van der Waals surface area contributed by atoms with E-state index >= 15 is 0 Å². The summed E-state index contributed by atoms with van der Waals surface area (Å²) in [6.45, 7) is 1.76. The first kappa shape index (κ1) is 20.9. The number of amides is 1. The number of nitrogens with two attached hydrogens (primary N) is 1. The standard InChI is InChI=1S/C18H20N2O5S2/c1-13-4-2-3-5-16(13)26-12-18(22)25-11-17(21)20-10-14-6-8-15(9-7-14)27(19,23)24/h2-9H,10-12H2,1H3,(H,20,21)(H2,19,23,24). The van der Waals surface area contributed by atoms with Crippen LogP contribution in [0.2, 0.25) is 0 Å². The van der Waals surface area contributed by atoms with E-state index in [4.69, 9.17) is 9.88 Å². The zero-order valence-corrected chi connectivity index (χ0v) is 16.3. The van der Waals surface area contributed by atoms with Gasteiger partial charge in [0.1, 0.15) is 0 Å². The Bertz CT molecular complexity index is 912. The highest BCUT2D eigenvalue weighted by Gasteiger charge is 2.10.